The number of carbonyl (C=O) groups excluding carboxylic acids is 2. The summed E-state index contributed by atoms with van der Waals surface area (Å²) in [6.45, 7) is 4.99. The SMILES string of the molecule is C[C@]12CCC(=O)C=C1[C@@H]1C[C@@H]1C1C2CC[C@@]2(C)C1C1C[C@@H]1[C@]21CCC(=O)O1. The van der Waals surface area contributed by atoms with Gasteiger partial charge in [0.1, 0.15) is 5.60 Å². The molecule has 1 heterocycles. The van der Waals surface area contributed by atoms with Crippen LogP contribution in [0.5, 0.6) is 0 Å². The molecule has 0 aromatic rings. The summed E-state index contributed by atoms with van der Waals surface area (Å²) in [5.74, 6) is 5.65. The number of ether oxygens (including phenoxy) is 1. The van der Waals surface area contributed by atoms with E-state index in [9.17, 15) is 9.59 Å². The Morgan fingerprint density at radius 2 is 1.85 bits per heavy atom. The third-order valence-corrected chi connectivity index (χ3v) is 10.9. The summed E-state index contributed by atoms with van der Waals surface area (Å²) in [6.07, 6.45) is 10.6. The van der Waals surface area contributed by atoms with Crippen LogP contribution in [-0.4, -0.2) is 17.4 Å². The quantitative estimate of drug-likeness (QED) is 0.600. The maximum atomic E-state index is 12.2. The first-order valence-corrected chi connectivity index (χ1v) is 11.4. The number of hydrogen-bond acceptors (Lipinski definition) is 3. The third-order valence-electron chi connectivity index (χ3n) is 10.9. The summed E-state index contributed by atoms with van der Waals surface area (Å²) < 4.78 is 6.22. The van der Waals surface area contributed by atoms with Crippen molar-refractivity contribution < 1.29 is 14.3 Å². The van der Waals surface area contributed by atoms with Gasteiger partial charge in [0, 0.05) is 24.2 Å². The monoisotopic (exact) mass is 366 g/mol. The van der Waals surface area contributed by atoms with E-state index >= 15 is 0 Å². The van der Waals surface area contributed by atoms with Crippen LogP contribution in [0.2, 0.25) is 0 Å². The number of esters is 1. The highest BCUT2D eigenvalue weighted by Crippen LogP contribution is 2.82. The Balaban J connectivity index is 1.33. The molecule has 1 aliphatic heterocycles. The van der Waals surface area contributed by atoms with Crippen molar-refractivity contribution in [3.8, 4) is 0 Å². The lowest BCUT2D eigenvalue weighted by atomic mass is 9.45. The van der Waals surface area contributed by atoms with E-state index in [1.54, 1.807) is 0 Å². The zero-order valence-corrected chi connectivity index (χ0v) is 16.5. The number of fused-ring (bicyclic) bond motifs is 12. The van der Waals surface area contributed by atoms with Gasteiger partial charge in [0.15, 0.2) is 5.78 Å². The average molecular weight is 367 g/mol. The molecule has 0 radical (unpaired) electrons. The van der Waals surface area contributed by atoms with Crippen LogP contribution in [-0.2, 0) is 14.3 Å². The van der Waals surface area contributed by atoms with Crippen molar-refractivity contribution >= 4 is 11.8 Å². The number of allylic oxidation sites excluding steroid dienone is 1. The highest BCUT2D eigenvalue weighted by atomic mass is 16.6. The second-order valence-electron chi connectivity index (χ2n) is 11.5. The van der Waals surface area contributed by atoms with E-state index in [1.807, 2.05) is 0 Å². The molecule has 3 nitrogen and oxygen atoms in total. The largest absolute Gasteiger partial charge is 0.458 e. The minimum atomic E-state index is -0.131. The zero-order valence-electron chi connectivity index (χ0n) is 16.5. The third kappa shape index (κ3) is 1.58. The molecule has 144 valence electrons. The van der Waals surface area contributed by atoms with Crippen LogP contribution in [0, 0.1) is 52.3 Å². The van der Waals surface area contributed by atoms with Gasteiger partial charge in [-0.3, -0.25) is 9.59 Å². The van der Waals surface area contributed by atoms with Gasteiger partial charge in [-0.25, -0.2) is 0 Å². The van der Waals surface area contributed by atoms with Crippen molar-refractivity contribution in [1.82, 2.24) is 0 Å². The van der Waals surface area contributed by atoms with Gasteiger partial charge >= 0.3 is 5.97 Å². The van der Waals surface area contributed by atoms with Gasteiger partial charge in [-0.05, 0) is 85.5 Å². The highest BCUT2D eigenvalue weighted by Gasteiger charge is 2.81. The molecule has 0 aromatic heterocycles. The summed E-state index contributed by atoms with van der Waals surface area (Å²) in [6, 6.07) is 0. The minimum absolute atomic E-state index is 0.0561. The van der Waals surface area contributed by atoms with Crippen molar-refractivity contribution in [2.75, 3.05) is 0 Å². The maximum Gasteiger partial charge on any atom is 0.306 e. The van der Waals surface area contributed by atoms with Gasteiger partial charge in [0.05, 0.1) is 0 Å². The van der Waals surface area contributed by atoms with Crippen LogP contribution < -0.4 is 0 Å². The normalized spacial score (nSPS) is 62.0. The molecule has 1 saturated heterocycles. The van der Waals surface area contributed by atoms with Crippen LogP contribution in [0.1, 0.15) is 65.2 Å². The minimum Gasteiger partial charge on any atom is -0.458 e. The summed E-state index contributed by atoms with van der Waals surface area (Å²) in [4.78, 5) is 24.3. The topological polar surface area (TPSA) is 43.4 Å². The molecule has 4 unspecified atom stereocenters. The molecule has 3 heteroatoms. The van der Waals surface area contributed by atoms with E-state index in [2.05, 4.69) is 19.9 Å². The molecule has 0 bridgehead atoms. The van der Waals surface area contributed by atoms with Crippen molar-refractivity contribution in [2.24, 2.45) is 52.3 Å². The van der Waals surface area contributed by atoms with Gasteiger partial charge in [0.25, 0.3) is 0 Å². The Bertz CT molecular complexity index is 827. The van der Waals surface area contributed by atoms with Crippen LogP contribution in [0.3, 0.4) is 0 Å². The van der Waals surface area contributed by atoms with Gasteiger partial charge in [0.2, 0.25) is 0 Å². The van der Waals surface area contributed by atoms with E-state index < -0.39 is 0 Å². The molecular formula is C24H30O3. The standard InChI is InChI=1S/C24H30O3/c1-22-6-3-12(25)9-17(22)13-10-14(13)20-16(22)4-7-23(2)21(20)15-11-18(15)24(23)8-5-19(26)27-24/h9,13-16,18,20-21H,3-8,10-11H2,1-2H3/t13-,14+,15?,16?,18+,20?,21?,22-,23+,24-/m1/s1. The van der Waals surface area contributed by atoms with Gasteiger partial charge in [-0.15, -0.1) is 0 Å². The first-order chi connectivity index (χ1) is 12.9. The molecule has 1 spiro atoms. The number of rotatable bonds is 0. The van der Waals surface area contributed by atoms with E-state index in [0.717, 1.165) is 48.9 Å². The fourth-order valence-electron chi connectivity index (χ4n) is 9.74. The fourth-order valence-corrected chi connectivity index (χ4v) is 9.74. The highest BCUT2D eigenvalue weighted by molar-refractivity contribution is 5.92. The maximum absolute atomic E-state index is 12.2. The smallest absolute Gasteiger partial charge is 0.306 e. The molecule has 6 aliphatic carbocycles. The van der Waals surface area contributed by atoms with Crippen molar-refractivity contribution in [3.63, 3.8) is 0 Å². The predicted molar refractivity (Wildman–Crippen MR) is 99.5 cm³/mol. The lowest BCUT2D eigenvalue weighted by Gasteiger charge is -2.60. The van der Waals surface area contributed by atoms with Crippen LogP contribution in [0.4, 0.5) is 0 Å². The summed E-state index contributed by atoms with van der Waals surface area (Å²) in [5, 5.41) is 0. The molecule has 6 fully saturated rings. The Hall–Kier alpha value is -1.12. The summed E-state index contributed by atoms with van der Waals surface area (Å²) in [5.41, 5.74) is 1.85. The van der Waals surface area contributed by atoms with E-state index in [0.29, 0.717) is 24.0 Å². The second-order valence-corrected chi connectivity index (χ2v) is 11.5. The molecule has 7 aliphatic rings. The first kappa shape index (κ1) is 15.8. The molecule has 0 amide bonds. The lowest BCUT2D eigenvalue weighted by molar-refractivity contribution is -0.177. The van der Waals surface area contributed by atoms with Crippen molar-refractivity contribution in [2.45, 2.75) is 70.8 Å². The number of ketones is 1. The molecule has 27 heavy (non-hydrogen) atoms. The molecule has 10 atom stereocenters. The van der Waals surface area contributed by atoms with Crippen molar-refractivity contribution in [3.05, 3.63) is 11.6 Å². The molecule has 0 N–H and O–H groups in total. The Kier molecular flexibility index (Phi) is 2.56. The van der Waals surface area contributed by atoms with E-state index in [4.69, 9.17) is 4.74 Å². The first-order valence-electron chi connectivity index (χ1n) is 11.4. The molecule has 0 aromatic carbocycles. The van der Waals surface area contributed by atoms with Crippen LogP contribution in [0.15, 0.2) is 11.6 Å². The molecule has 5 saturated carbocycles. The van der Waals surface area contributed by atoms with E-state index in [-0.39, 0.29) is 22.4 Å². The summed E-state index contributed by atoms with van der Waals surface area (Å²) in [7, 11) is 0. The van der Waals surface area contributed by atoms with Crippen molar-refractivity contribution in [1.29, 1.82) is 0 Å². The number of carbonyl (C=O) groups is 2. The molecule has 7 rings (SSSR count). The molecular weight excluding hydrogens is 336 g/mol. The lowest BCUT2D eigenvalue weighted by Crippen LogP contribution is -2.57. The fraction of sp³-hybridized carbons (Fsp3) is 0.833. The van der Waals surface area contributed by atoms with Gasteiger partial charge in [-0.2, -0.15) is 0 Å². The predicted octanol–water partition coefficient (Wildman–Crippen LogP) is 4.31. The van der Waals surface area contributed by atoms with Gasteiger partial charge in [-0.1, -0.05) is 19.4 Å². The van der Waals surface area contributed by atoms with E-state index in [1.165, 1.54) is 31.3 Å². The van der Waals surface area contributed by atoms with Crippen LogP contribution >= 0.6 is 0 Å². The van der Waals surface area contributed by atoms with Gasteiger partial charge < -0.3 is 4.74 Å². The zero-order chi connectivity index (χ0) is 18.3. The number of hydrogen-bond donors (Lipinski definition) is 0. The average Bonchev–Trinajstić information content (AvgIpc) is 3.53. The Labute approximate surface area is 161 Å². The Morgan fingerprint density at radius 3 is 2.63 bits per heavy atom. The summed E-state index contributed by atoms with van der Waals surface area (Å²) >= 11 is 0. The second kappa shape index (κ2) is 4.39. The van der Waals surface area contributed by atoms with Crippen LogP contribution in [0.25, 0.3) is 0 Å². The Morgan fingerprint density at radius 1 is 1.00 bits per heavy atom.